The van der Waals surface area contributed by atoms with E-state index in [0.29, 0.717) is 0 Å². The Labute approximate surface area is 243 Å². The Balaban J connectivity index is 1.61. The van der Waals surface area contributed by atoms with Crippen LogP contribution in [0.1, 0.15) is 65.2 Å². The number of nitrogens with zero attached hydrogens (tertiary/aromatic N) is 2. The number of hydrogen-bond acceptors (Lipinski definition) is 4. The van der Waals surface area contributed by atoms with Gasteiger partial charge in [0.2, 0.25) is 0 Å². The molecule has 4 nitrogen and oxygen atoms in total. The second-order valence-electron chi connectivity index (χ2n) is 9.51. The van der Waals surface area contributed by atoms with E-state index in [1.807, 2.05) is 36.4 Å². The van der Waals surface area contributed by atoms with E-state index in [2.05, 4.69) is 70.0 Å². The van der Waals surface area contributed by atoms with Crippen LogP contribution >= 0.6 is 31.9 Å². The molecule has 6 heteroatoms. The molecule has 0 aliphatic heterocycles. The molecule has 0 saturated heterocycles. The van der Waals surface area contributed by atoms with Gasteiger partial charge in [-0.25, -0.2) is 9.97 Å². The fraction of sp³-hybridized carbons (Fsp3) is 0.375. The van der Waals surface area contributed by atoms with E-state index < -0.39 is 0 Å². The highest BCUT2D eigenvalue weighted by Gasteiger charge is 2.16. The van der Waals surface area contributed by atoms with Gasteiger partial charge in [0.25, 0.3) is 0 Å². The van der Waals surface area contributed by atoms with Crippen LogP contribution in [0.25, 0.3) is 33.5 Å². The van der Waals surface area contributed by atoms with Crippen LogP contribution in [0, 0.1) is 0 Å². The first-order valence-corrected chi connectivity index (χ1v) is 15.3. The highest BCUT2D eigenvalue weighted by atomic mass is 79.9. The normalized spacial score (nSPS) is 11.2. The second kappa shape index (κ2) is 14.6. The Kier molecular flexibility index (Phi) is 11.0. The van der Waals surface area contributed by atoms with E-state index in [1.165, 1.54) is 38.5 Å². The van der Waals surface area contributed by atoms with Gasteiger partial charge in [-0.05, 0) is 105 Å². The third kappa shape index (κ3) is 7.57. The number of ether oxygens (including phenoxy) is 2. The summed E-state index contributed by atoms with van der Waals surface area (Å²) in [6.45, 7) is 5.93. The maximum atomic E-state index is 5.97. The van der Waals surface area contributed by atoms with Crippen molar-refractivity contribution in [3.8, 4) is 34.0 Å². The monoisotopic (exact) mass is 638 g/mol. The van der Waals surface area contributed by atoms with E-state index in [-0.39, 0.29) is 0 Å². The quantitative estimate of drug-likeness (QED) is 0.129. The standard InChI is InChI=1S/C32H36Br2N2O2/c1-3-5-7-9-21-37-25-15-11-23(12-16-25)29-30(36-32-28(34)20-19-27(33)31(32)35-29)24-13-17-26(18-14-24)38-22-10-8-6-4-2/h11-20H,3-10,21-22H2,1-2H3. The summed E-state index contributed by atoms with van der Waals surface area (Å²) in [5.74, 6) is 1.76. The third-order valence-electron chi connectivity index (χ3n) is 6.51. The minimum absolute atomic E-state index is 0.744. The molecule has 0 unspecified atom stereocenters. The number of rotatable bonds is 14. The van der Waals surface area contributed by atoms with Crippen LogP contribution < -0.4 is 9.47 Å². The highest BCUT2D eigenvalue weighted by molar-refractivity contribution is 9.11. The summed E-state index contributed by atoms with van der Waals surface area (Å²) < 4.78 is 13.8. The van der Waals surface area contributed by atoms with Crippen molar-refractivity contribution in [1.82, 2.24) is 9.97 Å². The molecule has 0 aliphatic carbocycles. The van der Waals surface area contributed by atoms with Gasteiger partial charge in [-0.1, -0.05) is 52.4 Å². The number of hydrogen-bond donors (Lipinski definition) is 0. The van der Waals surface area contributed by atoms with Crippen molar-refractivity contribution < 1.29 is 9.47 Å². The van der Waals surface area contributed by atoms with Gasteiger partial charge in [-0.15, -0.1) is 0 Å². The molecule has 1 aromatic heterocycles. The van der Waals surface area contributed by atoms with Crippen LogP contribution in [0.2, 0.25) is 0 Å². The number of fused-ring (bicyclic) bond motifs is 1. The number of benzene rings is 3. The average Bonchev–Trinajstić information content (AvgIpc) is 2.95. The van der Waals surface area contributed by atoms with Crippen LogP contribution in [0.4, 0.5) is 0 Å². The van der Waals surface area contributed by atoms with Crippen LogP contribution in [-0.4, -0.2) is 23.2 Å². The summed E-state index contributed by atoms with van der Waals surface area (Å²) in [6.07, 6.45) is 9.54. The maximum absolute atomic E-state index is 5.97. The van der Waals surface area contributed by atoms with Gasteiger partial charge in [0.05, 0.1) is 24.6 Å². The van der Waals surface area contributed by atoms with Crippen LogP contribution in [-0.2, 0) is 0 Å². The van der Waals surface area contributed by atoms with E-state index >= 15 is 0 Å². The highest BCUT2D eigenvalue weighted by Crippen LogP contribution is 2.36. The Morgan fingerprint density at radius 2 is 0.921 bits per heavy atom. The van der Waals surface area contributed by atoms with Crippen molar-refractivity contribution >= 4 is 42.9 Å². The van der Waals surface area contributed by atoms with Gasteiger partial charge < -0.3 is 9.47 Å². The molecule has 0 amide bonds. The minimum Gasteiger partial charge on any atom is -0.494 e. The predicted octanol–water partition coefficient (Wildman–Crippen LogP) is 10.4. The molecule has 0 fully saturated rings. The summed E-state index contributed by atoms with van der Waals surface area (Å²) in [4.78, 5) is 10.2. The lowest BCUT2D eigenvalue weighted by Crippen LogP contribution is -1.99. The molecular weight excluding hydrogens is 604 g/mol. The molecule has 3 aromatic carbocycles. The minimum atomic E-state index is 0.744. The molecule has 0 bridgehead atoms. The summed E-state index contributed by atoms with van der Waals surface area (Å²) in [5.41, 5.74) is 5.30. The Bertz CT molecular complexity index is 1210. The van der Waals surface area contributed by atoms with E-state index in [9.17, 15) is 0 Å². The zero-order chi connectivity index (χ0) is 26.7. The zero-order valence-corrected chi connectivity index (χ0v) is 25.5. The first-order valence-electron chi connectivity index (χ1n) is 13.7. The van der Waals surface area contributed by atoms with Gasteiger partial charge in [0, 0.05) is 20.1 Å². The molecule has 4 rings (SSSR count). The predicted molar refractivity (Wildman–Crippen MR) is 165 cm³/mol. The number of unbranched alkanes of at least 4 members (excludes halogenated alkanes) is 6. The van der Waals surface area contributed by atoms with Crippen LogP contribution in [0.3, 0.4) is 0 Å². The van der Waals surface area contributed by atoms with Crippen molar-refractivity contribution in [1.29, 1.82) is 0 Å². The van der Waals surface area contributed by atoms with Crippen molar-refractivity contribution in [3.63, 3.8) is 0 Å². The molecule has 0 radical (unpaired) electrons. The third-order valence-corrected chi connectivity index (χ3v) is 7.79. The molecule has 0 N–H and O–H groups in total. The molecule has 0 atom stereocenters. The first kappa shape index (κ1) is 28.6. The first-order chi connectivity index (χ1) is 18.6. The lowest BCUT2D eigenvalue weighted by atomic mass is 10.0. The zero-order valence-electron chi connectivity index (χ0n) is 22.3. The molecule has 38 heavy (non-hydrogen) atoms. The molecule has 200 valence electrons. The lowest BCUT2D eigenvalue weighted by molar-refractivity contribution is 0.305. The molecule has 4 aromatic rings. The average molecular weight is 640 g/mol. The van der Waals surface area contributed by atoms with Gasteiger partial charge in [0.15, 0.2) is 0 Å². The number of aromatic nitrogens is 2. The van der Waals surface area contributed by atoms with Crippen molar-refractivity contribution in [2.24, 2.45) is 0 Å². The van der Waals surface area contributed by atoms with Gasteiger partial charge in [-0.3, -0.25) is 0 Å². The van der Waals surface area contributed by atoms with Crippen molar-refractivity contribution in [2.45, 2.75) is 65.2 Å². The Hall–Kier alpha value is -2.44. The van der Waals surface area contributed by atoms with Crippen LogP contribution in [0.15, 0.2) is 69.6 Å². The van der Waals surface area contributed by atoms with Gasteiger partial charge in [-0.2, -0.15) is 0 Å². The smallest absolute Gasteiger partial charge is 0.119 e. The molecule has 0 aliphatic rings. The van der Waals surface area contributed by atoms with Gasteiger partial charge in [0.1, 0.15) is 22.5 Å². The summed E-state index contributed by atoms with van der Waals surface area (Å²) in [5, 5.41) is 0. The lowest BCUT2D eigenvalue weighted by Gasteiger charge is -2.14. The molecule has 0 saturated carbocycles. The summed E-state index contributed by atoms with van der Waals surface area (Å²) in [7, 11) is 0. The Morgan fingerprint density at radius 1 is 0.526 bits per heavy atom. The molecule has 0 spiro atoms. The largest absolute Gasteiger partial charge is 0.494 e. The van der Waals surface area contributed by atoms with Crippen LogP contribution in [0.5, 0.6) is 11.5 Å². The SMILES string of the molecule is CCCCCCOc1ccc(-c2nc3c(Br)ccc(Br)c3nc2-c2ccc(OCCCCCC)cc2)cc1. The molecular formula is C32H36Br2N2O2. The second-order valence-corrected chi connectivity index (χ2v) is 11.2. The maximum Gasteiger partial charge on any atom is 0.119 e. The molecule has 1 heterocycles. The van der Waals surface area contributed by atoms with E-state index in [1.54, 1.807) is 0 Å². The fourth-order valence-electron chi connectivity index (χ4n) is 4.33. The van der Waals surface area contributed by atoms with E-state index in [4.69, 9.17) is 19.4 Å². The fourth-order valence-corrected chi connectivity index (χ4v) is 5.15. The summed E-state index contributed by atoms with van der Waals surface area (Å²) >= 11 is 7.33. The Morgan fingerprint density at radius 3 is 1.29 bits per heavy atom. The topological polar surface area (TPSA) is 44.2 Å². The van der Waals surface area contributed by atoms with E-state index in [0.717, 1.165) is 80.0 Å². The summed E-state index contributed by atoms with van der Waals surface area (Å²) in [6, 6.07) is 20.4. The van der Waals surface area contributed by atoms with Gasteiger partial charge >= 0.3 is 0 Å². The van der Waals surface area contributed by atoms with Crippen molar-refractivity contribution in [2.75, 3.05) is 13.2 Å². The number of halogens is 2. The van der Waals surface area contributed by atoms with Crippen molar-refractivity contribution in [3.05, 3.63) is 69.6 Å².